The van der Waals surface area contributed by atoms with Gasteiger partial charge in [0.15, 0.2) is 0 Å². The molecule has 0 saturated heterocycles. The van der Waals surface area contributed by atoms with E-state index in [1.165, 1.54) is 12.1 Å². The molecule has 0 saturated carbocycles. The summed E-state index contributed by atoms with van der Waals surface area (Å²) in [5, 5.41) is 17.1. The zero-order valence-corrected chi connectivity index (χ0v) is 13.5. The van der Waals surface area contributed by atoms with Gasteiger partial charge in [0.2, 0.25) is 0 Å². The van der Waals surface area contributed by atoms with E-state index in [1.807, 2.05) is 14.0 Å². The quantitative estimate of drug-likeness (QED) is 0.810. The molecule has 1 aromatic carbocycles. The molecule has 1 unspecified atom stereocenters. The number of aliphatic hydroxyl groups excluding tert-OH is 1. The van der Waals surface area contributed by atoms with Crippen molar-refractivity contribution in [2.24, 2.45) is 7.05 Å². The molecule has 0 aliphatic carbocycles. The molecule has 1 atom stereocenters. The molecule has 1 aromatic heterocycles. The van der Waals surface area contributed by atoms with E-state index in [1.54, 1.807) is 10.9 Å². The zero-order chi connectivity index (χ0) is 17.7. The minimum absolute atomic E-state index is 0.00954. The van der Waals surface area contributed by atoms with Crippen LogP contribution in [0.1, 0.15) is 16.8 Å². The first kappa shape index (κ1) is 18.3. The predicted octanol–water partition coefficient (Wildman–Crippen LogP) is 2.28. The molecule has 5 nitrogen and oxygen atoms in total. The second kappa shape index (κ2) is 7.67. The number of benzene rings is 1. The number of aryl methyl sites for hydroxylation is 1. The van der Waals surface area contributed by atoms with Crippen molar-refractivity contribution in [2.45, 2.75) is 25.7 Å². The Labute approximate surface area is 138 Å². The second-order valence-electron chi connectivity index (χ2n) is 5.50. The van der Waals surface area contributed by atoms with Gasteiger partial charge in [0.05, 0.1) is 11.8 Å². The molecule has 0 amide bonds. The molecule has 2 aromatic rings. The summed E-state index contributed by atoms with van der Waals surface area (Å²) in [6.45, 7) is 2.81. The van der Waals surface area contributed by atoms with Gasteiger partial charge in [-0.2, -0.15) is 18.3 Å². The molecule has 0 radical (unpaired) electrons. The van der Waals surface area contributed by atoms with Gasteiger partial charge in [-0.25, -0.2) is 0 Å². The van der Waals surface area contributed by atoms with Crippen LogP contribution in [0.3, 0.4) is 0 Å². The number of rotatable bonds is 7. The third-order valence-electron chi connectivity index (χ3n) is 3.66. The monoisotopic (exact) mass is 343 g/mol. The number of alkyl halides is 3. The maximum atomic E-state index is 12.4. The van der Waals surface area contributed by atoms with Crippen LogP contribution in [-0.4, -0.2) is 34.1 Å². The maximum absolute atomic E-state index is 12.4. The molecule has 0 aliphatic heterocycles. The molecule has 0 aliphatic rings. The lowest BCUT2D eigenvalue weighted by Gasteiger charge is -2.14. The number of hydrogen-bond acceptors (Lipinski definition) is 4. The highest BCUT2D eigenvalue weighted by molar-refractivity contribution is 5.28. The fourth-order valence-electron chi connectivity index (χ4n) is 2.08. The van der Waals surface area contributed by atoms with Gasteiger partial charge in [-0.05, 0) is 31.2 Å². The SMILES string of the molecule is Cc1c(CNCC(O)COc2ccc(C(F)(F)F)cc2)cnn1C. The molecule has 0 spiro atoms. The molecule has 2 N–H and O–H groups in total. The lowest BCUT2D eigenvalue weighted by atomic mass is 10.2. The van der Waals surface area contributed by atoms with E-state index in [4.69, 9.17) is 4.74 Å². The number of ether oxygens (including phenoxy) is 1. The largest absolute Gasteiger partial charge is 0.491 e. The Bertz CT molecular complexity index is 654. The first-order valence-electron chi connectivity index (χ1n) is 7.43. The van der Waals surface area contributed by atoms with Crippen LogP contribution >= 0.6 is 0 Å². The lowest BCUT2D eigenvalue weighted by Crippen LogP contribution is -2.31. The van der Waals surface area contributed by atoms with Crippen molar-refractivity contribution in [3.63, 3.8) is 0 Å². The molecule has 0 fully saturated rings. The van der Waals surface area contributed by atoms with Crippen LogP contribution in [0.15, 0.2) is 30.5 Å². The number of nitrogens with one attached hydrogen (secondary N) is 1. The summed E-state index contributed by atoms with van der Waals surface area (Å²) >= 11 is 0. The van der Waals surface area contributed by atoms with Crippen LogP contribution in [0.5, 0.6) is 5.75 Å². The summed E-state index contributed by atoms with van der Waals surface area (Å²) < 4.78 is 44.4. The first-order valence-corrected chi connectivity index (χ1v) is 7.43. The Balaban J connectivity index is 1.73. The van der Waals surface area contributed by atoms with Gasteiger partial charge >= 0.3 is 6.18 Å². The second-order valence-corrected chi connectivity index (χ2v) is 5.50. The highest BCUT2D eigenvalue weighted by atomic mass is 19.4. The summed E-state index contributed by atoms with van der Waals surface area (Å²) in [5.41, 5.74) is 1.34. The molecular formula is C16H20F3N3O2. The van der Waals surface area contributed by atoms with Crippen molar-refractivity contribution in [3.8, 4) is 5.75 Å². The van der Waals surface area contributed by atoms with Crippen LogP contribution in [0, 0.1) is 6.92 Å². The Morgan fingerprint density at radius 1 is 1.29 bits per heavy atom. The molecule has 2 rings (SSSR count). The topological polar surface area (TPSA) is 59.3 Å². The minimum atomic E-state index is -4.37. The fourth-order valence-corrected chi connectivity index (χ4v) is 2.08. The van der Waals surface area contributed by atoms with Crippen LogP contribution < -0.4 is 10.1 Å². The fraction of sp³-hybridized carbons (Fsp3) is 0.438. The van der Waals surface area contributed by atoms with Gasteiger partial charge in [0.1, 0.15) is 18.5 Å². The Morgan fingerprint density at radius 2 is 1.96 bits per heavy atom. The Hall–Kier alpha value is -2.06. The van der Waals surface area contributed by atoms with Gasteiger partial charge in [-0.15, -0.1) is 0 Å². The highest BCUT2D eigenvalue weighted by Gasteiger charge is 2.30. The van der Waals surface area contributed by atoms with Crippen molar-refractivity contribution in [1.82, 2.24) is 15.1 Å². The molecule has 132 valence electrons. The summed E-state index contributed by atoms with van der Waals surface area (Å²) in [6, 6.07) is 4.38. The van der Waals surface area contributed by atoms with E-state index in [9.17, 15) is 18.3 Å². The smallest absolute Gasteiger partial charge is 0.416 e. The van der Waals surface area contributed by atoms with Crippen molar-refractivity contribution in [3.05, 3.63) is 47.3 Å². The van der Waals surface area contributed by atoms with Crippen molar-refractivity contribution in [2.75, 3.05) is 13.2 Å². The number of aromatic nitrogens is 2. The van der Waals surface area contributed by atoms with E-state index in [2.05, 4.69) is 10.4 Å². The lowest BCUT2D eigenvalue weighted by molar-refractivity contribution is -0.137. The summed E-state index contributed by atoms with van der Waals surface area (Å²) in [5.74, 6) is 0.283. The normalized spacial score (nSPS) is 13.1. The number of aliphatic hydroxyl groups is 1. The molecule has 24 heavy (non-hydrogen) atoms. The van der Waals surface area contributed by atoms with E-state index >= 15 is 0 Å². The zero-order valence-electron chi connectivity index (χ0n) is 13.5. The van der Waals surface area contributed by atoms with E-state index in [0.29, 0.717) is 13.1 Å². The molecule has 0 bridgehead atoms. The van der Waals surface area contributed by atoms with Gasteiger partial charge in [-0.1, -0.05) is 0 Å². The van der Waals surface area contributed by atoms with Gasteiger partial charge < -0.3 is 15.2 Å². The van der Waals surface area contributed by atoms with Crippen LogP contribution in [0.25, 0.3) is 0 Å². The van der Waals surface area contributed by atoms with Gasteiger partial charge in [-0.3, -0.25) is 4.68 Å². The van der Waals surface area contributed by atoms with Crippen LogP contribution in [0.4, 0.5) is 13.2 Å². The van der Waals surface area contributed by atoms with Crippen LogP contribution in [0.2, 0.25) is 0 Å². The maximum Gasteiger partial charge on any atom is 0.416 e. The summed E-state index contributed by atoms with van der Waals surface area (Å²) in [7, 11) is 1.85. The Kier molecular flexibility index (Phi) is 5.84. The molecule has 1 heterocycles. The number of nitrogens with zero attached hydrogens (tertiary/aromatic N) is 2. The number of hydrogen-bond donors (Lipinski definition) is 2. The van der Waals surface area contributed by atoms with Crippen molar-refractivity contribution in [1.29, 1.82) is 0 Å². The predicted molar refractivity (Wildman–Crippen MR) is 82.6 cm³/mol. The van der Waals surface area contributed by atoms with E-state index in [-0.39, 0.29) is 12.4 Å². The van der Waals surface area contributed by atoms with E-state index in [0.717, 1.165) is 23.4 Å². The van der Waals surface area contributed by atoms with E-state index < -0.39 is 17.8 Å². The highest BCUT2D eigenvalue weighted by Crippen LogP contribution is 2.30. The summed E-state index contributed by atoms with van der Waals surface area (Å²) in [4.78, 5) is 0. The van der Waals surface area contributed by atoms with Gasteiger partial charge in [0.25, 0.3) is 0 Å². The molecular weight excluding hydrogens is 323 g/mol. The number of halogens is 3. The molecule has 8 heteroatoms. The minimum Gasteiger partial charge on any atom is -0.491 e. The third-order valence-corrected chi connectivity index (χ3v) is 3.66. The average Bonchev–Trinajstić information content (AvgIpc) is 2.84. The Morgan fingerprint density at radius 3 is 2.50 bits per heavy atom. The summed E-state index contributed by atoms with van der Waals surface area (Å²) in [6.07, 6.45) is -3.39. The van der Waals surface area contributed by atoms with Crippen molar-refractivity contribution < 1.29 is 23.0 Å². The van der Waals surface area contributed by atoms with Gasteiger partial charge in [0, 0.05) is 31.4 Å². The standard InChI is InChI=1S/C16H20F3N3O2/c1-11-12(8-21-22(11)2)7-20-9-14(23)10-24-15-5-3-13(4-6-15)16(17,18)19/h3-6,8,14,20,23H,7,9-10H2,1-2H3. The first-order chi connectivity index (χ1) is 11.3. The van der Waals surface area contributed by atoms with Crippen molar-refractivity contribution >= 4 is 0 Å². The van der Waals surface area contributed by atoms with Crippen LogP contribution in [-0.2, 0) is 19.8 Å². The third kappa shape index (κ3) is 4.97. The average molecular weight is 343 g/mol.